The van der Waals surface area contributed by atoms with Crippen molar-refractivity contribution in [3.63, 3.8) is 0 Å². The molecule has 0 aromatic heterocycles. The van der Waals surface area contributed by atoms with Gasteiger partial charge in [0.2, 0.25) is 0 Å². The minimum absolute atomic E-state index is 0.0676. The minimum Gasteiger partial charge on any atom is -0.548 e. The molecule has 0 spiro atoms. The number of aliphatic hydroxyl groups is 1. The maximum atomic E-state index is 11.9. The highest BCUT2D eigenvalue weighted by Crippen LogP contribution is 2.14. The third-order valence-electron chi connectivity index (χ3n) is 4.03. The summed E-state index contributed by atoms with van der Waals surface area (Å²) in [5, 5.41) is 18.8. The summed E-state index contributed by atoms with van der Waals surface area (Å²) in [6.45, 7) is 1.90. The maximum absolute atomic E-state index is 11.9. The zero-order valence-electron chi connectivity index (χ0n) is 14.6. The van der Waals surface area contributed by atoms with Crippen molar-refractivity contribution in [1.29, 1.82) is 0 Å². The van der Waals surface area contributed by atoms with E-state index in [4.69, 9.17) is 25.5 Å². The van der Waals surface area contributed by atoms with Crippen molar-refractivity contribution in [2.24, 2.45) is 0 Å². The van der Waals surface area contributed by atoms with Gasteiger partial charge in [-0.1, -0.05) is 6.42 Å². The average molecular weight is 352 g/mol. The van der Waals surface area contributed by atoms with E-state index in [9.17, 15) is 4.79 Å². The van der Waals surface area contributed by atoms with Crippen LogP contribution >= 0.6 is 0 Å². The topological polar surface area (TPSA) is 129 Å². The molecule has 1 saturated carbocycles. The van der Waals surface area contributed by atoms with Crippen LogP contribution in [0.1, 0.15) is 49.4 Å². The lowest BCUT2D eigenvalue weighted by Gasteiger charge is -2.21. The molecule has 25 heavy (non-hydrogen) atoms. The first-order chi connectivity index (χ1) is 11.9. The van der Waals surface area contributed by atoms with Gasteiger partial charge in [-0.3, -0.25) is 0 Å². The molecule has 1 aromatic carbocycles. The van der Waals surface area contributed by atoms with Gasteiger partial charge in [0.25, 0.3) is 0 Å². The van der Waals surface area contributed by atoms with E-state index in [1.54, 1.807) is 24.3 Å². The molecular formula is C18H28N2O5. The van der Waals surface area contributed by atoms with Gasteiger partial charge in [-0.15, -0.1) is 0 Å². The van der Waals surface area contributed by atoms with Crippen molar-refractivity contribution in [2.75, 3.05) is 18.9 Å². The number of carboxylic acids is 1. The van der Waals surface area contributed by atoms with Crippen LogP contribution < -0.4 is 16.2 Å². The fraction of sp³-hybridized carbons (Fsp3) is 0.556. The van der Waals surface area contributed by atoms with Crippen LogP contribution in [-0.2, 0) is 9.53 Å². The molecule has 1 atom stereocenters. The Balaban J connectivity index is 0.000000550. The number of rotatable bonds is 6. The number of anilines is 1. The van der Waals surface area contributed by atoms with E-state index >= 15 is 0 Å². The molecule has 5 N–H and O–H groups in total. The number of esters is 1. The number of benzene rings is 1. The minimum atomic E-state index is -1.44. The predicted octanol–water partition coefficient (Wildman–Crippen LogP) is -0.561. The molecule has 1 aromatic rings. The lowest BCUT2D eigenvalue weighted by Crippen LogP contribution is -2.91. The largest absolute Gasteiger partial charge is 0.548 e. The van der Waals surface area contributed by atoms with Gasteiger partial charge < -0.3 is 30.8 Å². The summed E-state index contributed by atoms with van der Waals surface area (Å²) in [6.07, 6.45) is 6.55. The zero-order chi connectivity index (χ0) is 18.7. The number of aliphatic carboxylic acids is 1. The van der Waals surface area contributed by atoms with Gasteiger partial charge in [0, 0.05) is 5.69 Å². The number of hydrogen-bond donors (Lipinski definition) is 3. The number of carboxylic acid groups (broad SMARTS) is 1. The highest BCUT2D eigenvalue weighted by atomic mass is 16.5. The number of nitrogen functional groups attached to an aromatic ring is 1. The normalized spacial score (nSPS) is 15.6. The van der Waals surface area contributed by atoms with Crippen LogP contribution in [0.4, 0.5) is 5.69 Å². The van der Waals surface area contributed by atoms with Crippen molar-refractivity contribution in [3.8, 4) is 0 Å². The molecule has 2 rings (SSSR count). The summed E-state index contributed by atoms with van der Waals surface area (Å²) in [6, 6.07) is 7.55. The summed E-state index contributed by atoms with van der Waals surface area (Å²) in [5.41, 5.74) is 6.81. The molecule has 1 fully saturated rings. The van der Waals surface area contributed by atoms with Gasteiger partial charge in [-0.25, -0.2) is 4.79 Å². The van der Waals surface area contributed by atoms with Crippen LogP contribution in [0.5, 0.6) is 0 Å². The Morgan fingerprint density at radius 2 is 1.84 bits per heavy atom. The van der Waals surface area contributed by atoms with Crippen LogP contribution in [0.15, 0.2) is 24.3 Å². The smallest absolute Gasteiger partial charge is 0.338 e. The van der Waals surface area contributed by atoms with Crippen LogP contribution in [-0.4, -0.2) is 42.3 Å². The lowest BCUT2D eigenvalue weighted by molar-refractivity contribution is -0.696. The van der Waals surface area contributed by atoms with E-state index in [1.807, 2.05) is 6.92 Å². The Kier molecular flexibility index (Phi) is 9.57. The monoisotopic (exact) mass is 352 g/mol. The molecule has 0 saturated heterocycles. The van der Waals surface area contributed by atoms with Gasteiger partial charge in [-0.2, -0.15) is 0 Å². The molecule has 0 heterocycles. The van der Waals surface area contributed by atoms with E-state index in [0.29, 0.717) is 17.3 Å². The number of aliphatic hydroxyl groups excluding tert-OH is 1. The van der Waals surface area contributed by atoms with Crippen LogP contribution in [0.25, 0.3) is 0 Å². The Hall–Kier alpha value is -2.12. The first-order valence-corrected chi connectivity index (χ1v) is 8.63. The second-order valence-electron chi connectivity index (χ2n) is 6.24. The second kappa shape index (κ2) is 11.4. The van der Waals surface area contributed by atoms with Crippen molar-refractivity contribution in [2.45, 2.75) is 51.2 Å². The summed E-state index contributed by atoms with van der Waals surface area (Å²) in [4.78, 5) is 20.9. The number of hydrogen-bond acceptors (Lipinski definition) is 6. The standard InChI is InChI=1S/C16H24N2O2.C2H4O3/c1-12(11-18-15-5-3-2-4-6-15)20-16(19)13-7-9-14(17)10-8-13;3-1-2(4)5/h7-10,12,15,18H,2-6,11,17H2,1H3;3H,1H2,(H,4,5). The van der Waals surface area contributed by atoms with Crippen LogP contribution in [0, 0.1) is 0 Å². The zero-order valence-corrected chi connectivity index (χ0v) is 14.6. The van der Waals surface area contributed by atoms with E-state index in [-0.39, 0.29) is 12.1 Å². The highest BCUT2D eigenvalue weighted by molar-refractivity contribution is 5.89. The molecule has 0 amide bonds. The highest BCUT2D eigenvalue weighted by Gasteiger charge is 2.19. The molecular weight excluding hydrogens is 324 g/mol. The van der Waals surface area contributed by atoms with Gasteiger partial charge in [0.15, 0.2) is 0 Å². The van der Waals surface area contributed by atoms with E-state index in [1.165, 1.54) is 32.1 Å². The Morgan fingerprint density at radius 1 is 1.28 bits per heavy atom. The Bertz CT molecular complexity index is 527. The number of carbonyl (C=O) groups excluding carboxylic acids is 2. The summed E-state index contributed by atoms with van der Waals surface area (Å²) >= 11 is 0. The third kappa shape index (κ3) is 9.07. The molecule has 0 aliphatic heterocycles. The van der Waals surface area contributed by atoms with E-state index < -0.39 is 12.6 Å². The number of ether oxygens (including phenoxy) is 1. The van der Waals surface area contributed by atoms with Crippen molar-refractivity contribution < 1.29 is 29.9 Å². The van der Waals surface area contributed by atoms with Crippen molar-refractivity contribution in [1.82, 2.24) is 0 Å². The molecule has 0 radical (unpaired) electrons. The van der Waals surface area contributed by atoms with Crippen LogP contribution in [0.3, 0.4) is 0 Å². The van der Waals surface area contributed by atoms with Gasteiger partial charge in [0.05, 0.1) is 24.2 Å². The maximum Gasteiger partial charge on any atom is 0.338 e. The average Bonchev–Trinajstić information content (AvgIpc) is 2.62. The molecule has 1 unspecified atom stereocenters. The molecule has 1 aliphatic carbocycles. The molecule has 7 nitrogen and oxygen atoms in total. The molecule has 1 aliphatic rings. The third-order valence-corrected chi connectivity index (χ3v) is 4.03. The summed E-state index contributed by atoms with van der Waals surface area (Å²) < 4.78 is 5.46. The Labute approximate surface area is 148 Å². The molecule has 7 heteroatoms. The number of nitrogens with two attached hydrogens (primary N) is 2. The predicted molar refractivity (Wildman–Crippen MR) is 91.5 cm³/mol. The first-order valence-electron chi connectivity index (χ1n) is 8.63. The van der Waals surface area contributed by atoms with Crippen molar-refractivity contribution in [3.05, 3.63) is 29.8 Å². The Morgan fingerprint density at radius 3 is 2.36 bits per heavy atom. The molecule has 0 bridgehead atoms. The quantitative estimate of drug-likeness (QED) is 0.465. The number of carbonyl (C=O) groups is 2. The second-order valence-corrected chi connectivity index (χ2v) is 6.24. The SMILES string of the molecule is CC(C[NH2+]C1CCCCC1)OC(=O)c1ccc(N)cc1.O=C([O-])CO. The van der Waals surface area contributed by atoms with Gasteiger partial charge in [0.1, 0.15) is 12.6 Å². The summed E-state index contributed by atoms with van der Waals surface area (Å²) in [5.74, 6) is -1.71. The van der Waals surface area contributed by atoms with Crippen molar-refractivity contribution >= 4 is 17.6 Å². The first kappa shape index (κ1) is 20.9. The van der Waals surface area contributed by atoms with E-state index in [2.05, 4.69) is 5.32 Å². The van der Waals surface area contributed by atoms with Gasteiger partial charge in [-0.05, 0) is 56.9 Å². The number of quaternary nitrogens is 1. The lowest BCUT2D eigenvalue weighted by atomic mass is 9.95. The fourth-order valence-corrected chi connectivity index (χ4v) is 2.67. The van der Waals surface area contributed by atoms with Crippen LogP contribution in [0.2, 0.25) is 0 Å². The molecule has 140 valence electrons. The fourth-order valence-electron chi connectivity index (χ4n) is 2.67. The van der Waals surface area contributed by atoms with Gasteiger partial charge >= 0.3 is 5.97 Å². The van der Waals surface area contributed by atoms with E-state index in [0.717, 1.165) is 6.54 Å². The summed E-state index contributed by atoms with van der Waals surface area (Å²) in [7, 11) is 0.